The molecule has 0 unspecified atom stereocenters. The van der Waals surface area contributed by atoms with Crippen molar-refractivity contribution < 1.29 is 0 Å². The van der Waals surface area contributed by atoms with E-state index in [1.165, 1.54) is 11.8 Å². The Morgan fingerprint density at radius 2 is 1.90 bits per heavy atom. The molecule has 0 saturated carbocycles. The maximum absolute atomic E-state index is 6.18. The molecule has 0 aliphatic heterocycles. The van der Waals surface area contributed by atoms with E-state index >= 15 is 0 Å². The van der Waals surface area contributed by atoms with Gasteiger partial charge in [0.05, 0.1) is 11.9 Å². The summed E-state index contributed by atoms with van der Waals surface area (Å²) >= 11 is 13.9. The summed E-state index contributed by atoms with van der Waals surface area (Å²) in [6, 6.07) is 9.30. The largest absolute Gasteiger partial charge is 0.275 e. The van der Waals surface area contributed by atoms with Gasteiger partial charge in [0.25, 0.3) is 0 Å². The third kappa shape index (κ3) is 3.20. The van der Waals surface area contributed by atoms with Crippen LogP contribution in [0.5, 0.6) is 0 Å². The van der Waals surface area contributed by atoms with Crippen molar-refractivity contribution in [1.82, 2.24) is 19.7 Å². The molecular weight excluding hydrogens is 327 g/mol. The van der Waals surface area contributed by atoms with Crippen molar-refractivity contribution in [3.8, 4) is 5.69 Å². The summed E-state index contributed by atoms with van der Waals surface area (Å²) in [6.45, 7) is 0. The average Bonchev–Trinajstić information content (AvgIpc) is 2.96. The molecule has 0 fully saturated rings. The van der Waals surface area contributed by atoms with E-state index in [0.29, 0.717) is 15.8 Å². The molecule has 21 heavy (non-hydrogen) atoms. The lowest BCUT2D eigenvalue weighted by Gasteiger charge is -2.07. The standard InChI is InChI=1S/C14H10Cl2N4S/c15-12-4-1-5-13(16)11(12)8-21-14-19-18-9-20(14)10-3-2-6-17-7-10/h1-7,9H,8H2. The van der Waals surface area contributed by atoms with Crippen LogP contribution < -0.4 is 0 Å². The first-order valence-corrected chi connectivity index (χ1v) is 7.86. The molecule has 0 spiro atoms. The Morgan fingerprint density at radius 3 is 2.62 bits per heavy atom. The van der Waals surface area contributed by atoms with Crippen molar-refractivity contribution >= 4 is 35.0 Å². The van der Waals surface area contributed by atoms with Crippen molar-refractivity contribution in [1.29, 1.82) is 0 Å². The summed E-state index contributed by atoms with van der Waals surface area (Å²) in [5.41, 5.74) is 1.81. The fraction of sp³-hybridized carbons (Fsp3) is 0.0714. The molecule has 0 saturated heterocycles. The summed E-state index contributed by atoms with van der Waals surface area (Å²) in [5, 5.41) is 10.2. The van der Waals surface area contributed by atoms with Crippen LogP contribution in [0.15, 0.2) is 54.2 Å². The lowest BCUT2D eigenvalue weighted by molar-refractivity contribution is 0.879. The SMILES string of the molecule is Clc1cccc(Cl)c1CSc1nncn1-c1cccnc1. The zero-order chi connectivity index (χ0) is 14.7. The van der Waals surface area contributed by atoms with Crippen LogP contribution in [-0.4, -0.2) is 19.7 Å². The van der Waals surface area contributed by atoms with Gasteiger partial charge in [0.2, 0.25) is 0 Å². The van der Waals surface area contributed by atoms with Gasteiger partial charge in [-0.25, -0.2) is 0 Å². The highest BCUT2D eigenvalue weighted by Crippen LogP contribution is 2.31. The van der Waals surface area contributed by atoms with Gasteiger partial charge in [0, 0.05) is 22.0 Å². The van der Waals surface area contributed by atoms with Crippen LogP contribution in [0.3, 0.4) is 0 Å². The second kappa shape index (κ2) is 6.47. The van der Waals surface area contributed by atoms with Crippen LogP contribution in [0.1, 0.15) is 5.56 Å². The number of hydrogen-bond acceptors (Lipinski definition) is 4. The highest BCUT2D eigenvalue weighted by molar-refractivity contribution is 7.98. The Morgan fingerprint density at radius 1 is 1.10 bits per heavy atom. The molecule has 0 bridgehead atoms. The van der Waals surface area contributed by atoms with E-state index in [0.717, 1.165) is 16.4 Å². The van der Waals surface area contributed by atoms with Crippen LogP contribution in [0.4, 0.5) is 0 Å². The summed E-state index contributed by atoms with van der Waals surface area (Å²) in [4.78, 5) is 4.10. The van der Waals surface area contributed by atoms with Crippen molar-refractivity contribution in [2.45, 2.75) is 10.9 Å². The Kier molecular flexibility index (Phi) is 4.43. The van der Waals surface area contributed by atoms with Crippen molar-refractivity contribution in [2.75, 3.05) is 0 Å². The zero-order valence-electron chi connectivity index (χ0n) is 10.8. The molecule has 0 aliphatic rings. The molecule has 106 valence electrons. The van der Waals surface area contributed by atoms with Crippen LogP contribution in [-0.2, 0) is 5.75 Å². The van der Waals surface area contributed by atoms with E-state index in [-0.39, 0.29) is 0 Å². The molecule has 0 N–H and O–H groups in total. The molecule has 3 rings (SSSR count). The van der Waals surface area contributed by atoms with Gasteiger partial charge >= 0.3 is 0 Å². The second-order valence-electron chi connectivity index (χ2n) is 4.18. The van der Waals surface area contributed by atoms with Crippen molar-refractivity contribution in [3.63, 3.8) is 0 Å². The first-order valence-electron chi connectivity index (χ1n) is 6.12. The van der Waals surface area contributed by atoms with E-state index in [4.69, 9.17) is 23.2 Å². The van der Waals surface area contributed by atoms with Crippen LogP contribution in [0.2, 0.25) is 10.0 Å². The van der Waals surface area contributed by atoms with Gasteiger partial charge in [0.15, 0.2) is 5.16 Å². The second-order valence-corrected chi connectivity index (χ2v) is 5.94. The number of benzene rings is 1. The zero-order valence-corrected chi connectivity index (χ0v) is 13.1. The maximum Gasteiger partial charge on any atom is 0.195 e. The molecule has 0 aliphatic carbocycles. The number of nitrogens with zero attached hydrogens (tertiary/aromatic N) is 4. The topological polar surface area (TPSA) is 43.6 Å². The predicted octanol–water partition coefficient (Wildman–Crippen LogP) is 4.26. The average molecular weight is 337 g/mol. The minimum absolute atomic E-state index is 0.622. The fourth-order valence-electron chi connectivity index (χ4n) is 1.80. The van der Waals surface area contributed by atoms with Crippen LogP contribution in [0.25, 0.3) is 5.69 Å². The molecule has 1 aromatic carbocycles. The molecule has 3 aromatic rings. The third-order valence-electron chi connectivity index (χ3n) is 2.85. The van der Waals surface area contributed by atoms with Crippen molar-refractivity contribution in [2.24, 2.45) is 0 Å². The predicted molar refractivity (Wildman–Crippen MR) is 85.2 cm³/mol. The van der Waals surface area contributed by atoms with Gasteiger partial charge in [0.1, 0.15) is 6.33 Å². The highest BCUT2D eigenvalue weighted by Gasteiger charge is 2.11. The van der Waals surface area contributed by atoms with E-state index in [1.54, 1.807) is 18.7 Å². The van der Waals surface area contributed by atoms with Gasteiger partial charge in [-0.3, -0.25) is 9.55 Å². The van der Waals surface area contributed by atoms with Gasteiger partial charge in [-0.1, -0.05) is 41.0 Å². The van der Waals surface area contributed by atoms with Crippen molar-refractivity contribution in [3.05, 3.63) is 64.7 Å². The normalized spacial score (nSPS) is 10.8. The number of thioether (sulfide) groups is 1. The van der Waals surface area contributed by atoms with E-state index in [2.05, 4.69) is 15.2 Å². The molecule has 7 heteroatoms. The lowest BCUT2D eigenvalue weighted by atomic mass is 10.2. The van der Waals surface area contributed by atoms with E-state index in [1.807, 2.05) is 34.9 Å². The Balaban J connectivity index is 1.83. The number of rotatable bonds is 4. The number of aromatic nitrogens is 4. The minimum Gasteiger partial charge on any atom is -0.275 e. The smallest absolute Gasteiger partial charge is 0.195 e. The Bertz CT molecular complexity index is 725. The molecule has 2 aromatic heterocycles. The third-order valence-corrected chi connectivity index (χ3v) is 4.53. The summed E-state index contributed by atoms with van der Waals surface area (Å²) < 4.78 is 1.88. The molecule has 0 radical (unpaired) electrons. The molecule has 0 amide bonds. The van der Waals surface area contributed by atoms with Crippen LogP contribution in [0, 0.1) is 0 Å². The Hall–Kier alpha value is -1.56. The quantitative estimate of drug-likeness (QED) is 0.667. The van der Waals surface area contributed by atoms with Gasteiger partial charge < -0.3 is 0 Å². The highest BCUT2D eigenvalue weighted by atomic mass is 35.5. The van der Waals surface area contributed by atoms with Crippen LogP contribution >= 0.6 is 35.0 Å². The Labute approximate surface area is 136 Å². The van der Waals surface area contributed by atoms with Gasteiger partial charge in [-0.15, -0.1) is 10.2 Å². The van der Waals surface area contributed by atoms with E-state index < -0.39 is 0 Å². The summed E-state index contributed by atoms with van der Waals surface area (Å²) in [5.74, 6) is 0.622. The fourth-order valence-corrected chi connectivity index (χ4v) is 3.47. The lowest BCUT2D eigenvalue weighted by Crippen LogP contribution is -1.96. The monoisotopic (exact) mass is 336 g/mol. The maximum atomic E-state index is 6.18. The first kappa shape index (κ1) is 14.4. The summed E-state index contributed by atoms with van der Waals surface area (Å²) in [6.07, 6.45) is 5.15. The molecule has 2 heterocycles. The van der Waals surface area contributed by atoms with E-state index in [9.17, 15) is 0 Å². The summed E-state index contributed by atoms with van der Waals surface area (Å²) in [7, 11) is 0. The minimum atomic E-state index is 0.622. The number of halogens is 2. The molecule has 4 nitrogen and oxygen atoms in total. The number of pyridine rings is 1. The number of hydrogen-bond donors (Lipinski definition) is 0. The molecular formula is C14H10Cl2N4S. The molecule has 0 atom stereocenters. The first-order chi connectivity index (χ1) is 10.3. The van der Waals surface area contributed by atoms with Gasteiger partial charge in [-0.2, -0.15) is 0 Å². The van der Waals surface area contributed by atoms with Gasteiger partial charge in [-0.05, 0) is 29.8 Å².